The van der Waals surface area contributed by atoms with E-state index in [9.17, 15) is 18.6 Å². The van der Waals surface area contributed by atoms with Gasteiger partial charge in [0.25, 0.3) is 0 Å². The van der Waals surface area contributed by atoms with E-state index in [0.29, 0.717) is 19.5 Å². The van der Waals surface area contributed by atoms with Crippen LogP contribution in [-0.4, -0.2) is 82.6 Å². The molecule has 2 N–H and O–H groups in total. The summed E-state index contributed by atoms with van der Waals surface area (Å²) in [5, 5.41) is 2.90. The highest BCUT2D eigenvalue weighted by molar-refractivity contribution is 7.85. The van der Waals surface area contributed by atoms with Crippen LogP contribution in [0.1, 0.15) is 71.1 Å². The van der Waals surface area contributed by atoms with Gasteiger partial charge in [0.05, 0.1) is 17.3 Å². The van der Waals surface area contributed by atoms with E-state index in [1.165, 1.54) is 4.90 Å². The Balaban J connectivity index is 1.36. The SMILES string of the molecule is C=NCC1CCCN1C(=O)C(CCCCCC=CC1CC1C(=O)NS(=O)C1(C)CC1)NC(=O)N(C)C. The molecule has 0 aromatic heterocycles. The van der Waals surface area contributed by atoms with Crippen LogP contribution in [0.3, 0.4) is 0 Å². The fourth-order valence-corrected chi connectivity index (χ4v) is 5.69. The normalized spacial score (nSPS) is 25.8. The first-order valence-corrected chi connectivity index (χ1v) is 14.4. The van der Waals surface area contributed by atoms with Crippen LogP contribution in [0.15, 0.2) is 17.1 Å². The van der Waals surface area contributed by atoms with Gasteiger partial charge >= 0.3 is 6.03 Å². The summed E-state index contributed by atoms with van der Waals surface area (Å²) in [4.78, 5) is 45.0. The average Bonchev–Trinajstić information content (AvgIpc) is 3.74. The van der Waals surface area contributed by atoms with E-state index in [4.69, 9.17) is 0 Å². The molecule has 1 saturated heterocycles. The van der Waals surface area contributed by atoms with Gasteiger partial charge in [0, 0.05) is 26.6 Å². The number of likely N-dealkylation sites (tertiary alicyclic amines) is 1. The van der Waals surface area contributed by atoms with Crippen LogP contribution in [0.5, 0.6) is 0 Å². The highest BCUT2D eigenvalue weighted by Crippen LogP contribution is 2.42. The van der Waals surface area contributed by atoms with E-state index in [2.05, 4.69) is 33.9 Å². The van der Waals surface area contributed by atoms with Gasteiger partial charge in [-0.1, -0.05) is 25.0 Å². The van der Waals surface area contributed by atoms with E-state index < -0.39 is 17.0 Å². The van der Waals surface area contributed by atoms with Gasteiger partial charge in [-0.15, -0.1) is 0 Å². The molecule has 5 unspecified atom stereocenters. The molecular weight excluding hydrogens is 478 g/mol. The van der Waals surface area contributed by atoms with E-state index in [0.717, 1.165) is 57.8 Å². The molecule has 0 bridgehead atoms. The minimum Gasteiger partial charge on any atom is -0.336 e. The Morgan fingerprint density at radius 2 is 2.00 bits per heavy atom. The largest absolute Gasteiger partial charge is 0.336 e. The molecular formula is C26H43N5O4S. The van der Waals surface area contributed by atoms with Crippen molar-refractivity contribution >= 4 is 35.5 Å². The molecule has 3 aliphatic rings. The summed E-state index contributed by atoms with van der Waals surface area (Å²) >= 11 is 0. The zero-order valence-corrected chi connectivity index (χ0v) is 22.9. The first-order chi connectivity index (χ1) is 17.2. The molecule has 4 amide bonds. The second-order valence-electron chi connectivity index (χ2n) is 10.9. The number of rotatable bonds is 14. The van der Waals surface area contributed by atoms with Gasteiger partial charge < -0.3 is 15.1 Å². The Morgan fingerprint density at radius 1 is 1.25 bits per heavy atom. The van der Waals surface area contributed by atoms with Crippen molar-refractivity contribution in [2.75, 3.05) is 27.2 Å². The summed E-state index contributed by atoms with van der Waals surface area (Å²) in [6, 6.07) is -0.717. The molecule has 1 heterocycles. The molecule has 202 valence electrons. The highest BCUT2D eigenvalue weighted by atomic mass is 32.2. The number of amides is 4. The first-order valence-electron chi connectivity index (χ1n) is 13.3. The molecule has 0 aromatic carbocycles. The maximum Gasteiger partial charge on any atom is 0.317 e. The van der Waals surface area contributed by atoms with Crippen LogP contribution in [0.4, 0.5) is 4.79 Å². The second-order valence-corrected chi connectivity index (χ2v) is 12.6. The second kappa shape index (κ2) is 12.8. The number of aliphatic imine (C=N–C) groups is 1. The minimum absolute atomic E-state index is 0.0223. The third kappa shape index (κ3) is 7.88. The zero-order chi connectivity index (χ0) is 26.3. The summed E-state index contributed by atoms with van der Waals surface area (Å²) in [6.07, 6.45) is 13.1. The molecule has 1 aliphatic heterocycles. The van der Waals surface area contributed by atoms with Crippen LogP contribution >= 0.6 is 0 Å². The number of nitrogens with zero attached hydrogens (tertiary/aromatic N) is 3. The van der Waals surface area contributed by atoms with Crippen LogP contribution < -0.4 is 10.0 Å². The lowest BCUT2D eigenvalue weighted by Crippen LogP contribution is -2.52. The molecule has 0 spiro atoms. The number of carbonyl (C=O) groups is 3. The molecule has 9 nitrogen and oxygen atoms in total. The summed E-state index contributed by atoms with van der Waals surface area (Å²) in [5.74, 6) is 0.0858. The van der Waals surface area contributed by atoms with Gasteiger partial charge in [0.1, 0.15) is 17.0 Å². The topological polar surface area (TPSA) is 111 Å². The van der Waals surface area contributed by atoms with E-state index in [1.54, 1.807) is 14.1 Å². The van der Waals surface area contributed by atoms with Gasteiger partial charge in [0.2, 0.25) is 11.8 Å². The maximum absolute atomic E-state index is 13.2. The summed E-state index contributed by atoms with van der Waals surface area (Å²) in [5.41, 5.74) is 0. The number of hydrogen-bond acceptors (Lipinski definition) is 5. The van der Waals surface area contributed by atoms with Crippen LogP contribution in [0.2, 0.25) is 0 Å². The molecule has 0 radical (unpaired) electrons. The van der Waals surface area contributed by atoms with Crippen molar-refractivity contribution in [3.63, 3.8) is 0 Å². The number of nitrogens with one attached hydrogen (secondary N) is 2. The number of allylic oxidation sites excluding steroid dienone is 2. The van der Waals surface area contributed by atoms with Gasteiger partial charge in [-0.2, -0.15) is 0 Å². The Morgan fingerprint density at radius 3 is 2.67 bits per heavy atom. The monoisotopic (exact) mass is 521 g/mol. The Hall–Kier alpha value is -2.23. The van der Waals surface area contributed by atoms with Gasteiger partial charge in [-0.25, -0.2) is 9.00 Å². The number of unbranched alkanes of at least 4 members (excludes halogenated alkanes) is 3. The van der Waals surface area contributed by atoms with Crippen molar-refractivity contribution in [1.29, 1.82) is 0 Å². The fraction of sp³-hybridized carbons (Fsp3) is 0.769. The van der Waals surface area contributed by atoms with Crippen LogP contribution in [0.25, 0.3) is 0 Å². The third-order valence-corrected chi connectivity index (χ3v) is 9.21. The lowest BCUT2D eigenvalue weighted by molar-refractivity contribution is -0.134. The molecule has 3 fully saturated rings. The summed E-state index contributed by atoms with van der Waals surface area (Å²) in [6.45, 7) is 6.75. The molecule has 2 saturated carbocycles. The molecule has 2 aliphatic carbocycles. The minimum atomic E-state index is -1.27. The Kier molecular flexibility index (Phi) is 10.1. The third-order valence-electron chi connectivity index (χ3n) is 7.52. The van der Waals surface area contributed by atoms with Gasteiger partial charge in [-0.05, 0) is 70.9 Å². The van der Waals surface area contributed by atoms with Crippen molar-refractivity contribution in [2.24, 2.45) is 16.8 Å². The van der Waals surface area contributed by atoms with Crippen molar-refractivity contribution in [3.8, 4) is 0 Å². The average molecular weight is 522 g/mol. The lowest BCUT2D eigenvalue weighted by atomic mass is 10.0. The summed E-state index contributed by atoms with van der Waals surface area (Å²) < 4.78 is 14.6. The van der Waals surface area contributed by atoms with Crippen LogP contribution in [-0.2, 0) is 20.6 Å². The maximum atomic E-state index is 13.2. The lowest BCUT2D eigenvalue weighted by Gasteiger charge is -2.29. The fourth-order valence-electron chi connectivity index (χ4n) is 4.64. The molecule has 10 heteroatoms. The highest BCUT2D eigenvalue weighted by Gasteiger charge is 2.47. The quantitative estimate of drug-likeness (QED) is 0.208. The van der Waals surface area contributed by atoms with Crippen molar-refractivity contribution in [2.45, 2.75) is 88.0 Å². The molecule has 5 atom stereocenters. The molecule has 0 aromatic rings. The number of urea groups is 1. The van der Waals surface area contributed by atoms with E-state index in [-0.39, 0.29) is 40.5 Å². The van der Waals surface area contributed by atoms with Crippen LogP contribution in [0, 0.1) is 11.8 Å². The Bertz CT molecular complexity index is 872. The molecule has 36 heavy (non-hydrogen) atoms. The molecule has 3 rings (SSSR count). The zero-order valence-electron chi connectivity index (χ0n) is 22.0. The predicted molar refractivity (Wildman–Crippen MR) is 143 cm³/mol. The number of hydrogen-bond donors (Lipinski definition) is 2. The van der Waals surface area contributed by atoms with Gasteiger partial charge in [0.15, 0.2) is 0 Å². The van der Waals surface area contributed by atoms with E-state index in [1.807, 2.05) is 11.8 Å². The number of carbonyl (C=O) groups excluding carboxylic acids is 3. The standard InChI is InChI=1S/C26H43N5O4S/c1-26(14-15-26)36(35)29-23(32)21-17-19(21)11-8-6-5-7-9-13-22(28-25(34)30(3)4)24(33)31-16-10-12-20(31)18-27-2/h8,11,19-22H,2,5-7,9-10,12-18H2,1,3-4H3,(H,28,34)(H,29,32). The Labute approximate surface area is 218 Å². The van der Waals surface area contributed by atoms with E-state index >= 15 is 0 Å². The predicted octanol–water partition coefficient (Wildman–Crippen LogP) is 2.79. The summed E-state index contributed by atoms with van der Waals surface area (Å²) in [7, 11) is 2.07. The first kappa shape index (κ1) is 28.3. The van der Waals surface area contributed by atoms with Gasteiger partial charge in [-0.3, -0.25) is 19.3 Å². The van der Waals surface area contributed by atoms with Crippen molar-refractivity contribution < 1.29 is 18.6 Å². The smallest absolute Gasteiger partial charge is 0.317 e. The van der Waals surface area contributed by atoms with Crippen molar-refractivity contribution in [3.05, 3.63) is 12.2 Å². The van der Waals surface area contributed by atoms with Crippen molar-refractivity contribution in [1.82, 2.24) is 19.8 Å².